The van der Waals surface area contributed by atoms with Crippen molar-refractivity contribution in [2.45, 2.75) is 33.1 Å². The van der Waals surface area contributed by atoms with Crippen LogP contribution in [0.3, 0.4) is 0 Å². The number of piperidine rings is 1. The number of amides is 3. The topological polar surface area (TPSA) is 101 Å². The number of hydrogen-bond donors (Lipinski definition) is 1. The number of rotatable bonds is 8. The van der Waals surface area contributed by atoms with Crippen molar-refractivity contribution in [3.05, 3.63) is 64.2 Å². The number of carbonyl (C=O) groups excluding carboxylic acids is 3. The average molecular weight is 595 g/mol. The Morgan fingerprint density at radius 3 is 2.21 bits per heavy atom. The van der Waals surface area contributed by atoms with E-state index in [1.54, 1.807) is 19.1 Å². The van der Waals surface area contributed by atoms with E-state index in [4.69, 9.17) is 11.6 Å². The van der Waals surface area contributed by atoms with Crippen molar-refractivity contribution in [1.82, 2.24) is 14.7 Å². The van der Waals surface area contributed by atoms with E-state index in [0.717, 1.165) is 37.3 Å². The van der Waals surface area contributed by atoms with E-state index in [1.165, 1.54) is 12.1 Å². The van der Waals surface area contributed by atoms with Gasteiger partial charge in [0.25, 0.3) is 5.91 Å². The zero-order chi connectivity index (χ0) is 30.0. The van der Waals surface area contributed by atoms with Crippen molar-refractivity contribution >= 4 is 41.0 Å². The Balaban J connectivity index is 1.16. The minimum atomic E-state index is -1.04. The van der Waals surface area contributed by atoms with E-state index in [9.17, 15) is 24.3 Å². The molecule has 1 N–H and O–H groups in total. The Morgan fingerprint density at radius 1 is 0.929 bits per heavy atom. The Hall–Kier alpha value is -3.43. The Kier molecular flexibility index (Phi) is 9.18. The maximum absolute atomic E-state index is 13.7. The third kappa shape index (κ3) is 6.63. The maximum Gasteiger partial charge on any atom is 0.335 e. The van der Waals surface area contributed by atoms with Gasteiger partial charge < -0.3 is 24.7 Å². The Morgan fingerprint density at radius 2 is 1.60 bits per heavy atom. The second-order valence-corrected chi connectivity index (χ2v) is 12.3. The number of benzene rings is 2. The molecule has 2 atom stereocenters. The van der Waals surface area contributed by atoms with Gasteiger partial charge in [-0.2, -0.15) is 0 Å². The van der Waals surface area contributed by atoms with Crippen molar-refractivity contribution in [2.75, 3.05) is 57.3 Å². The fourth-order valence-electron chi connectivity index (χ4n) is 6.64. The molecule has 3 aliphatic heterocycles. The predicted octanol–water partition coefficient (Wildman–Crippen LogP) is 4.03. The average Bonchev–Trinajstić information content (AvgIpc) is 3.55. The van der Waals surface area contributed by atoms with Gasteiger partial charge in [0.2, 0.25) is 11.8 Å². The van der Waals surface area contributed by atoms with Crippen LogP contribution in [0.4, 0.5) is 5.69 Å². The van der Waals surface area contributed by atoms with Crippen LogP contribution in [-0.2, 0) is 9.59 Å². The molecule has 5 rings (SSSR count). The van der Waals surface area contributed by atoms with E-state index in [1.807, 2.05) is 39.8 Å². The number of nitrogens with zero attached hydrogens (tertiary/aromatic N) is 4. The number of carboxylic acid groups (broad SMARTS) is 1. The number of anilines is 1. The molecule has 42 heavy (non-hydrogen) atoms. The first-order chi connectivity index (χ1) is 20.1. The van der Waals surface area contributed by atoms with Crippen LogP contribution < -0.4 is 4.90 Å². The summed E-state index contributed by atoms with van der Waals surface area (Å²) < 4.78 is 0. The SMILES string of the molecule is CC(=O)N1CCC(C(=O)N(CCCN2CC3CN(C(=O)c4cccc(C(=O)O)c4)CC3C2)c2ccc(C)c(Cl)c2)CC1. The fourth-order valence-corrected chi connectivity index (χ4v) is 6.81. The summed E-state index contributed by atoms with van der Waals surface area (Å²) in [5, 5.41) is 9.90. The molecular weight excluding hydrogens is 556 g/mol. The first-order valence-corrected chi connectivity index (χ1v) is 15.2. The number of carbonyl (C=O) groups is 4. The number of halogens is 1. The molecule has 0 aromatic heterocycles. The molecule has 2 aromatic carbocycles. The molecule has 3 fully saturated rings. The molecule has 0 spiro atoms. The lowest BCUT2D eigenvalue weighted by Gasteiger charge is -2.34. The van der Waals surface area contributed by atoms with Crippen LogP contribution in [-0.4, -0.2) is 95.9 Å². The van der Waals surface area contributed by atoms with Crippen molar-refractivity contribution in [2.24, 2.45) is 17.8 Å². The normalized spacial score (nSPS) is 20.9. The summed E-state index contributed by atoms with van der Waals surface area (Å²) in [6.07, 6.45) is 2.15. The van der Waals surface area contributed by atoms with Gasteiger partial charge in [-0.1, -0.05) is 23.7 Å². The summed E-state index contributed by atoms with van der Waals surface area (Å²) in [5.74, 6) is -0.349. The molecule has 2 aromatic rings. The van der Waals surface area contributed by atoms with E-state index < -0.39 is 5.97 Å². The van der Waals surface area contributed by atoms with Crippen LogP contribution in [0.15, 0.2) is 42.5 Å². The number of hydrogen-bond acceptors (Lipinski definition) is 5. The van der Waals surface area contributed by atoms with Crippen molar-refractivity contribution in [1.29, 1.82) is 0 Å². The second-order valence-electron chi connectivity index (χ2n) is 11.9. The van der Waals surface area contributed by atoms with Gasteiger partial charge in [-0.3, -0.25) is 14.4 Å². The van der Waals surface area contributed by atoms with Crippen molar-refractivity contribution in [3.63, 3.8) is 0 Å². The van der Waals surface area contributed by atoms with Crippen LogP contribution in [0.1, 0.15) is 52.5 Å². The molecule has 0 aliphatic carbocycles. The Labute approximate surface area is 252 Å². The zero-order valence-electron chi connectivity index (χ0n) is 24.3. The third-order valence-corrected chi connectivity index (χ3v) is 9.49. The van der Waals surface area contributed by atoms with Gasteiger partial charge in [-0.05, 0) is 80.5 Å². The predicted molar refractivity (Wildman–Crippen MR) is 161 cm³/mol. The molecule has 0 radical (unpaired) electrons. The summed E-state index contributed by atoms with van der Waals surface area (Å²) in [6, 6.07) is 12.0. The zero-order valence-corrected chi connectivity index (χ0v) is 25.1. The molecule has 3 heterocycles. The van der Waals surface area contributed by atoms with Crippen LogP contribution in [0.2, 0.25) is 5.02 Å². The van der Waals surface area contributed by atoms with E-state index in [2.05, 4.69) is 4.90 Å². The van der Waals surface area contributed by atoms with Gasteiger partial charge in [0.05, 0.1) is 5.56 Å². The van der Waals surface area contributed by atoms with E-state index >= 15 is 0 Å². The molecule has 9 nitrogen and oxygen atoms in total. The van der Waals surface area contributed by atoms with Gasteiger partial charge in [0.1, 0.15) is 0 Å². The maximum atomic E-state index is 13.7. The quantitative estimate of drug-likeness (QED) is 0.495. The van der Waals surface area contributed by atoms with Crippen LogP contribution >= 0.6 is 11.6 Å². The van der Waals surface area contributed by atoms with E-state index in [-0.39, 0.29) is 29.2 Å². The molecule has 10 heteroatoms. The first kappa shape index (κ1) is 30.0. The highest BCUT2D eigenvalue weighted by Gasteiger charge is 2.41. The molecule has 3 amide bonds. The number of likely N-dealkylation sites (tertiary alicyclic amines) is 3. The number of aryl methyl sites for hydroxylation is 1. The van der Waals surface area contributed by atoms with Gasteiger partial charge >= 0.3 is 5.97 Å². The summed E-state index contributed by atoms with van der Waals surface area (Å²) in [4.78, 5) is 57.8. The molecule has 3 aliphatic rings. The lowest BCUT2D eigenvalue weighted by molar-refractivity contribution is -0.133. The van der Waals surface area contributed by atoms with Crippen molar-refractivity contribution < 1.29 is 24.3 Å². The summed E-state index contributed by atoms with van der Waals surface area (Å²) in [6.45, 7) is 9.31. The third-order valence-electron chi connectivity index (χ3n) is 9.08. The summed E-state index contributed by atoms with van der Waals surface area (Å²) >= 11 is 6.44. The van der Waals surface area contributed by atoms with Crippen LogP contribution in [0, 0.1) is 24.7 Å². The van der Waals surface area contributed by atoms with Gasteiger partial charge in [-0.15, -0.1) is 0 Å². The fraction of sp³-hybridized carbons (Fsp3) is 0.500. The lowest BCUT2D eigenvalue weighted by Crippen LogP contribution is -2.44. The first-order valence-electron chi connectivity index (χ1n) is 14.8. The van der Waals surface area contributed by atoms with Crippen LogP contribution in [0.5, 0.6) is 0 Å². The van der Waals surface area contributed by atoms with Gasteiger partial charge in [-0.25, -0.2) is 4.79 Å². The highest BCUT2D eigenvalue weighted by Crippen LogP contribution is 2.33. The van der Waals surface area contributed by atoms with Crippen LogP contribution in [0.25, 0.3) is 0 Å². The minimum Gasteiger partial charge on any atom is -0.478 e. The lowest BCUT2D eigenvalue weighted by atomic mass is 9.94. The minimum absolute atomic E-state index is 0.0540. The molecular formula is C32H39ClN4O5. The monoisotopic (exact) mass is 594 g/mol. The van der Waals surface area contributed by atoms with Gasteiger partial charge in [0.15, 0.2) is 0 Å². The second kappa shape index (κ2) is 12.8. The highest BCUT2D eigenvalue weighted by molar-refractivity contribution is 6.31. The summed E-state index contributed by atoms with van der Waals surface area (Å²) in [7, 11) is 0. The molecule has 0 bridgehead atoms. The molecule has 3 saturated heterocycles. The van der Waals surface area contributed by atoms with Gasteiger partial charge in [0, 0.05) is 74.9 Å². The number of fused-ring (bicyclic) bond motifs is 1. The summed E-state index contributed by atoms with van der Waals surface area (Å²) in [5.41, 5.74) is 2.31. The standard InChI is InChI=1S/C32H39ClN4O5/c1-21-7-8-28(16-29(21)33)37(31(40)23-9-13-35(14-10-23)22(2)38)12-4-11-34-17-26-19-36(20-27(26)18-34)30(39)24-5-3-6-25(15-24)32(41)42/h3,5-8,15-16,23,26-27H,4,9-14,17-20H2,1-2H3,(H,41,42). The highest BCUT2D eigenvalue weighted by atomic mass is 35.5. The Bertz CT molecular complexity index is 1340. The largest absolute Gasteiger partial charge is 0.478 e. The van der Waals surface area contributed by atoms with Crippen molar-refractivity contribution in [3.8, 4) is 0 Å². The smallest absolute Gasteiger partial charge is 0.335 e. The number of aromatic carboxylic acids is 1. The molecule has 224 valence electrons. The molecule has 2 unspecified atom stereocenters. The van der Waals surface area contributed by atoms with E-state index in [0.29, 0.717) is 68.0 Å². The number of carboxylic acids is 1. The molecule has 0 saturated carbocycles.